The zero-order valence-corrected chi connectivity index (χ0v) is 15.0. The number of rotatable bonds is 6. The zero-order valence-electron chi connectivity index (χ0n) is 15.0. The molecule has 2 N–H and O–H groups in total. The van der Waals surface area contributed by atoms with E-state index in [2.05, 4.69) is 15.5 Å². The number of hydrogen-bond acceptors (Lipinski definition) is 4. The quantitative estimate of drug-likeness (QED) is 0.820. The predicted molar refractivity (Wildman–Crippen MR) is 96.2 cm³/mol. The Hall–Kier alpha value is -2.67. The van der Waals surface area contributed by atoms with Crippen LogP contribution in [-0.4, -0.2) is 52.2 Å². The molecular formula is C19H24N4O3. The molecule has 138 valence electrons. The van der Waals surface area contributed by atoms with Crippen molar-refractivity contribution >= 4 is 11.8 Å². The van der Waals surface area contributed by atoms with Gasteiger partial charge in [-0.15, -0.1) is 0 Å². The van der Waals surface area contributed by atoms with E-state index in [0.29, 0.717) is 13.0 Å². The van der Waals surface area contributed by atoms with E-state index >= 15 is 0 Å². The maximum absolute atomic E-state index is 12.8. The number of carbonyl (C=O) groups is 2. The van der Waals surface area contributed by atoms with E-state index in [9.17, 15) is 9.59 Å². The number of aromatic amines is 1. The molecule has 7 heteroatoms. The van der Waals surface area contributed by atoms with Gasteiger partial charge in [0.2, 0.25) is 5.91 Å². The van der Waals surface area contributed by atoms with Gasteiger partial charge in [0.05, 0.1) is 6.04 Å². The first-order chi connectivity index (χ1) is 12.6. The lowest BCUT2D eigenvalue weighted by Crippen LogP contribution is -2.56. The molecule has 2 aromatic rings. The van der Waals surface area contributed by atoms with Crippen LogP contribution in [0.1, 0.15) is 31.1 Å². The normalized spacial score (nSPS) is 20.4. The third kappa shape index (κ3) is 3.94. The number of aromatic nitrogens is 2. The van der Waals surface area contributed by atoms with Gasteiger partial charge in [0.25, 0.3) is 5.91 Å². The van der Waals surface area contributed by atoms with Crippen LogP contribution in [0, 0.1) is 0 Å². The van der Waals surface area contributed by atoms with E-state index in [1.54, 1.807) is 11.1 Å². The average molecular weight is 356 g/mol. The molecule has 0 bridgehead atoms. The molecule has 1 aliphatic rings. The molecule has 1 fully saturated rings. The third-order valence-corrected chi connectivity index (χ3v) is 4.47. The molecule has 0 radical (unpaired) electrons. The first-order valence-electron chi connectivity index (χ1n) is 8.81. The van der Waals surface area contributed by atoms with Crippen LogP contribution in [0.15, 0.2) is 42.6 Å². The Morgan fingerprint density at radius 3 is 2.77 bits per heavy atom. The van der Waals surface area contributed by atoms with Crippen molar-refractivity contribution in [3.8, 4) is 0 Å². The standard InChI is InChI=1S/C19H24N4O3/c1-13(2)23-16(24)12-26-18(17(23)14-6-4-3-5-7-14)19(25)20-10-8-15-9-11-21-22-15/h3-7,9,11,13,17-18H,8,10,12H2,1-2H3,(H,20,25)(H,21,22)/t17-,18+/m1/s1. The van der Waals surface area contributed by atoms with Crippen molar-refractivity contribution in [1.82, 2.24) is 20.4 Å². The number of ether oxygens (including phenoxy) is 1. The van der Waals surface area contributed by atoms with Crippen LogP contribution in [0.25, 0.3) is 0 Å². The minimum atomic E-state index is -0.737. The zero-order chi connectivity index (χ0) is 18.5. The fourth-order valence-electron chi connectivity index (χ4n) is 3.29. The molecular weight excluding hydrogens is 332 g/mol. The molecule has 0 spiro atoms. The molecule has 0 saturated carbocycles. The summed E-state index contributed by atoms with van der Waals surface area (Å²) in [5.41, 5.74) is 1.84. The van der Waals surface area contributed by atoms with Gasteiger partial charge < -0.3 is 15.0 Å². The summed E-state index contributed by atoms with van der Waals surface area (Å²) in [5, 5.41) is 9.68. The Kier molecular flexibility index (Phi) is 5.68. The summed E-state index contributed by atoms with van der Waals surface area (Å²) in [7, 11) is 0. The second-order valence-electron chi connectivity index (χ2n) is 6.60. The minimum Gasteiger partial charge on any atom is -0.356 e. The van der Waals surface area contributed by atoms with Crippen LogP contribution in [0.4, 0.5) is 0 Å². The third-order valence-electron chi connectivity index (χ3n) is 4.47. The van der Waals surface area contributed by atoms with Gasteiger partial charge in [-0.25, -0.2) is 0 Å². The largest absolute Gasteiger partial charge is 0.356 e. The molecule has 2 atom stereocenters. The number of hydrogen-bond donors (Lipinski definition) is 2. The summed E-state index contributed by atoms with van der Waals surface area (Å²) >= 11 is 0. The van der Waals surface area contributed by atoms with Crippen molar-refractivity contribution in [3.63, 3.8) is 0 Å². The highest BCUT2D eigenvalue weighted by molar-refractivity contribution is 5.86. The van der Waals surface area contributed by atoms with Gasteiger partial charge in [0.1, 0.15) is 6.61 Å². The van der Waals surface area contributed by atoms with Crippen molar-refractivity contribution in [3.05, 3.63) is 53.9 Å². The van der Waals surface area contributed by atoms with Crippen LogP contribution >= 0.6 is 0 Å². The summed E-state index contributed by atoms with van der Waals surface area (Å²) in [5.74, 6) is -0.313. The van der Waals surface area contributed by atoms with E-state index in [-0.39, 0.29) is 24.5 Å². The minimum absolute atomic E-state index is 0.0306. The molecule has 0 unspecified atom stereocenters. The van der Waals surface area contributed by atoms with Gasteiger partial charge in [-0.1, -0.05) is 30.3 Å². The van der Waals surface area contributed by atoms with Crippen molar-refractivity contribution in [2.24, 2.45) is 0 Å². The SMILES string of the molecule is CC(C)N1C(=O)CO[C@H](C(=O)NCCc2ccn[nH]2)[C@H]1c1ccccc1. The number of morpholine rings is 1. The molecule has 2 heterocycles. The summed E-state index contributed by atoms with van der Waals surface area (Å²) in [6.07, 6.45) is 1.60. The van der Waals surface area contributed by atoms with Gasteiger partial charge in [-0.2, -0.15) is 5.10 Å². The highest BCUT2D eigenvalue weighted by Gasteiger charge is 2.42. The molecule has 1 aromatic heterocycles. The molecule has 1 aromatic carbocycles. The Morgan fingerprint density at radius 2 is 2.12 bits per heavy atom. The summed E-state index contributed by atoms with van der Waals surface area (Å²) in [6.45, 7) is 4.29. The van der Waals surface area contributed by atoms with E-state index in [1.165, 1.54) is 0 Å². The molecule has 26 heavy (non-hydrogen) atoms. The lowest BCUT2D eigenvalue weighted by atomic mass is 9.95. The van der Waals surface area contributed by atoms with E-state index in [4.69, 9.17) is 4.74 Å². The fraction of sp³-hybridized carbons (Fsp3) is 0.421. The number of benzene rings is 1. The Balaban J connectivity index is 1.76. The molecule has 7 nitrogen and oxygen atoms in total. The van der Waals surface area contributed by atoms with Crippen molar-refractivity contribution in [2.75, 3.05) is 13.2 Å². The van der Waals surface area contributed by atoms with Gasteiger partial charge in [-0.05, 0) is 25.5 Å². The van der Waals surface area contributed by atoms with Crippen molar-refractivity contribution in [1.29, 1.82) is 0 Å². The number of nitrogens with one attached hydrogen (secondary N) is 2. The van der Waals surface area contributed by atoms with E-state index in [1.807, 2.05) is 50.2 Å². The first kappa shape index (κ1) is 18.1. The number of H-pyrrole nitrogens is 1. The van der Waals surface area contributed by atoms with E-state index < -0.39 is 12.1 Å². The second kappa shape index (κ2) is 8.14. The van der Waals surface area contributed by atoms with Gasteiger partial charge in [-0.3, -0.25) is 14.7 Å². The maximum atomic E-state index is 12.8. The van der Waals surface area contributed by atoms with E-state index in [0.717, 1.165) is 11.3 Å². The number of amides is 2. The summed E-state index contributed by atoms with van der Waals surface area (Å²) in [4.78, 5) is 26.9. The second-order valence-corrected chi connectivity index (χ2v) is 6.60. The topological polar surface area (TPSA) is 87.3 Å². The van der Waals surface area contributed by atoms with Crippen LogP contribution in [0.3, 0.4) is 0 Å². The molecule has 2 amide bonds. The van der Waals surface area contributed by atoms with Gasteiger partial charge >= 0.3 is 0 Å². The Morgan fingerprint density at radius 1 is 1.35 bits per heavy atom. The fourth-order valence-corrected chi connectivity index (χ4v) is 3.29. The van der Waals surface area contributed by atoms with Crippen LogP contribution < -0.4 is 5.32 Å². The summed E-state index contributed by atoms with van der Waals surface area (Å²) in [6, 6.07) is 11.0. The number of nitrogens with zero attached hydrogens (tertiary/aromatic N) is 2. The van der Waals surface area contributed by atoms with Gasteiger partial charge in [0.15, 0.2) is 6.10 Å². The Bertz CT molecular complexity index is 731. The van der Waals surface area contributed by atoms with Gasteiger partial charge in [0, 0.05) is 30.9 Å². The molecule has 1 aliphatic heterocycles. The molecule has 0 aliphatic carbocycles. The smallest absolute Gasteiger partial charge is 0.251 e. The van der Waals surface area contributed by atoms with Crippen LogP contribution in [0.5, 0.6) is 0 Å². The average Bonchev–Trinajstić information content (AvgIpc) is 3.15. The number of carbonyl (C=O) groups excluding carboxylic acids is 2. The maximum Gasteiger partial charge on any atom is 0.251 e. The molecule has 3 rings (SSSR count). The lowest BCUT2D eigenvalue weighted by Gasteiger charge is -2.42. The lowest BCUT2D eigenvalue weighted by molar-refractivity contribution is -0.167. The van der Waals surface area contributed by atoms with Crippen LogP contribution in [0.2, 0.25) is 0 Å². The van der Waals surface area contributed by atoms with Crippen molar-refractivity contribution in [2.45, 2.75) is 38.5 Å². The van der Waals surface area contributed by atoms with Crippen LogP contribution in [-0.2, 0) is 20.7 Å². The summed E-state index contributed by atoms with van der Waals surface area (Å²) < 4.78 is 5.66. The monoisotopic (exact) mass is 356 g/mol. The predicted octanol–water partition coefficient (Wildman–Crippen LogP) is 1.45. The molecule has 1 saturated heterocycles. The van der Waals surface area contributed by atoms with Crippen molar-refractivity contribution < 1.29 is 14.3 Å². The highest BCUT2D eigenvalue weighted by Crippen LogP contribution is 2.32. The Labute approximate surface area is 152 Å². The highest BCUT2D eigenvalue weighted by atomic mass is 16.5. The first-order valence-corrected chi connectivity index (χ1v) is 8.81.